The monoisotopic (exact) mass is 400 g/mol. The number of hydrogen-bond acceptors (Lipinski definition) is 2. The minimum Gasteiger partial charge on any atom is -0.247 e. The van der Waals surface area contributed by atoms with Crippen LogP contribution in [-0.2, 0) is 5.41 Å². The summed E-state index contributed by atoms with van der Waals surface area (Å²) in [5, 5.41) is 9.66. The number of nitrogens with zero attached hydrogens (tertiary/aromatic N) is 2. The average Bonchev–Trinajstić information content (AvgIpc) is 3.49. The molecule has 0 aliphatic heterocycles. The second-order valence-electron chi connectivity index (χ2n) is 6.55. The molecule has 26 heavy (non-hydrogen) atoms. The van der Waals surface area contributed by atoms with Gasteiger partial charge < -0.3 is 0 Å². The Bertz CT molecular complexity index is 956. The summed E-state index contributed by atoms with van der Waals surface area (Å²) in [6, 6.07) is 28.9. The van der Waals surface area contributed by atoms with Crippen molar-refractivity contribution in [2.45, 2.75) is 18.3 Å². The van der Waals surface area contributed by atoms with Gasteiger partial charge in [0.15, 0.2) is 0 Å². The van der Waals surface area contributed by atoms with Crippen LogP contribution in [0.15, 0.2) is 88.3 Å². The Morgan fingerprint density at radius 3 is 1.96 bits per heavy atom. The van der Waals surface area contributed by atoms with Gasteiger partial charge in [0.05, 0.1) is 22.9 Å². The molecule has 0 N–H and O–H groups in total. The van der Waals surface area contributed by atoms with E-state index < -0.39 is 0 Å². The number of rotatable bonds is 4. The largest absolute Gasteiger partial charge is 0.247 e. The number of aliphatic imine (C=N–C) groups is 1. The molecule has 0 amide bonds. The molecule has 3 heteroatoms. The van der Waals surface area contributed by atoms with Gasteiger partial charge in [0.25, 0.3) is 0 Å². The van der Waals surface area contributed by atoms with Gasteiger partial charge in [-0.05, 0) is 30.5 Å². The van der Waals surface area contributed by atoms with Gasteiger partial charge in [0.2, 0.25) is 0 Å². The molecule has 3 aromatic carbocycles. The van der Waals surface area contributed by atoms with Gasteiger partial charge in [-0.1, -0.05) is 82.7 Å². The molecular weight excluding hydrogens is 384 g/mol. The molecule has 0 unspecified atom stereocenters. The SMILES string of the molecule is N#CC1(c2ccc(Br)cc2N=C(c2ccccc2)c2ccccc2)CC1. The number of nitriles is 1. The number of hydrogen-bond donors (Lipinski definition) is 0. The lowest BCUT2D eigenvalue weighted by Gasteiger charge is -2.13. The van der Waals surface area contributed by atoms with Crippen LogP contribution in [0.3, 0.4) is 0 Å². The first-order chi connectivity index (χ1) is 12.7. The zero-order valence-corrected chi connectivity index (χ0v) is 15.8. The van der Waals surface area contributed by atoms with E-state index in [1.807, 2.05) is 54.6 Å². The van der Waals surface area contributed by atoms with E-state index in [0.29, 0.717) is 0 Å². The van der Waals surface area contributed by atoms with Crippen molar-refractivity contribution < 1.29 is 0 Å². The molecule has 0 bridgehead atoms. The minimum absolute atomic E-state index is 0.377. The molecule has 3 aromatic rings. The van der Waals surface area contributed by atoms with Gasteiger partial charge in [-0.25, -0.2) is 4.99 Å². The quantitative estimate of drug-likeness (QED) is 0.482. The van der Waals surface area contributed by atoms with E-state index >= 15 is 0 Å². The van der Waals surface area contributed by atoms with Crippen molar-refractivity contribution in [2.75, 3.05) is 0 Å². The first kappa shape index (κ1) is 16.8. The van der Waals surface area contributed by atoms with Crippen LogP contribution >= 0.6 is 15.9 Å². The molecule has 0 saturated heterocycles. The van der Waals surface area contributed by atoms with E-state index in [1.54, 1.807) is 0 Å². The summed E-state index contributed by atoms with van der Waals surface area (Å²) in [5.74, 6) is 0. The highest BCUT2D eigenvalue weighted by Gasteiger charge is 2.46. The highest BCUT2D eigenvalue weighted by molar-refractivity contribution is 9.10. The molecule has 0 aromatic heterocycles. The molecule has 0 atom stereocenters. The second-order valence-corrected chi connectivity index (χ2v) is 7.46. The fraction of sp³-hybridized carbons (Fsp3) is 0.130. The average molecular weight is 401 g/mol. The standard InChI is InChI=1S/C23H17BrN2/c24-19-11-12-20(23(16-25)13-14-23)21(15-19)26-22(17-7-3-1-4-8-17)18-9-5-2-6-10-18/h1-12,15H,13-14H2. The van der Waals surface area contributed by atoms with Crippen LogP contribution in [0.5, 0.6) is 0 Å². The summed E-state index contributed by atoms with van der Waals surface area (Å²) in [5.41, 5.74) is 4.55. The summed E-state index contributed by atoms with van der Waals surface area (Å²) in [4.78, 5) is 5.05. The van der Waals surface area contributed by atoms with Crippen molar-refractivity contribution in [3.8, 4) is 6.07 Å². The summed E-state index contributed by atoms with van der Waals surface area (Å²) in [6.07, 6.45) is 1.80. The van der Waals surface area contributed by atoms with E-state index in [4.69, 9.17) is 4.99 Å². The molecule has 4 rings (SSSR count). The molecule has 126 valence electrons. The maximum Gasteiger partial charge on any atom is 0.0844 e. The Balaban J connectivity index is 1.92. The van der Waals surface area contributed by atoms with Crippen molar-refractivity contribution in [2.24, 2.45) is 4.99 Å². The molecule has 0 heterocycles. The van der Waals surface area contributed by atoms with E-state index in [9.17, 15) is 5.26 Å². The van der Waals surface area contributed by atoms with Crippen LogP contribution in [0, 0.1) is 11.3 Å². The van der Waals surface area contributed by atoms with Crippen LogP contribution in [-0.4, -0.2) is 5.71 Å². The van der Waals surface area contributed by atoms with Gasteiger partial charge in [0, 0.05) is 15.6 Å². The Hall–Kier alpha value is -2.70. The molecule has 0 spiro atoms. The molecule has 1 aliphatic rings. The Morgan fingerprint density at radius 1 is 0.885 bits per heavy atom. The smallest absolute Gasteiger partial charge is 0.0844 e. The molecule has 1 aliphatic carbocycles. The minimum atomic E-state index is -0.377. The number of benzene rings is 3. The zero-order chi connectivity index (χ0) is 18.0. The molecule has 0 radical (unpaired) electrons. The lowest BCUT2D eigenvalue weighted by Crippen LogP contribution is -2.06. The first-order valence-corrected chi connectivity index (χ1v) is 9.42. The first-order valence-electron chi connectivity index (χ1n) is 8.63. The van der Waals surface area contributed by atoms with Gasteiger partial charge in [-0.2, -0.15) is 5.26 Å². The Labute approximate surface area is 162 Å². The van der Waals surface area contributed by atoms with Gasteiger partial charge in [-0.15, -0.1) is 0 Å². The van der Waals surface area contributed by atoms with Crippen molar-refractivity contribution >= 4 is 27.3 Å². The maximum atomic E-state index is 9.66. The summed E-state index contributed by atoms with van der Waals surface area (Å²) in [6.45, 7) is 0. The van der Waals surface area contributed by atoms with Crippen LogP contribution < -0.4 is 0 Å². The maximum absolute atomic E-state index is 9.66. The highest BCUT2D eigenvalue weighted by atomic mass is 79.9. The summed E-state index contributed by atoms with van der Waals surface area (Å²) in [7, 11) is 0. The van der Waals surface area contributed by atoms with Crippen LogP contribution in [0.4, 0.5) is 5.69 Å². The lowest BCUT2D eigenvalue weighted by atomic mass is 9.95. The summed E-state index contributed by atoms with van der Waals surface area (Å²) < 4.78 is 0.967. The van der Waals surface area contributed by atoms with E-state index in [2.05, 4.69) is 46.3 Å². The topological polar surface area (TPSA) is 36.1 Å². The zero-order valence-electron chi connectivity index (χ0n) is 14.2. The Morgan fingerprint density at radius 2 is 1.46 bits per heavy atom. The third kappa shape index (κ3) is 3.21. The molecule has 1 saturated carbocycles. The van der Waals surface area contributed by atoms with Crippen LogP contribution in [0.25, 0.3) is 0 Å². The highest BCUT2D eigenvalue weighted by Crippen LogP contribution is 2.51. The number of halogens is 1. The normalized spacial score (nSPS) is 14.3. The van der Waals surface area contributed by atoms with Crippen LogP contribution in [0.2, 0.25) is 0 Å². The van der Waals surface area contributed by atoms with Gasteiger partial charge in [-0.3, -0.25) is 0 Å². The van der Waals surface area contributed by atoms with E-state index in [-0.39, 0.29) is 5.41 Å². The third-order valence-electron chi connectivity index (χ3n) is 4.77. The fourth-order valence-corrected chi connectivity index (χ4v) is 3.53. The van der Waals surface area contributed by atoms with Crippen molar-refractivity contribution in [3.05, 3.63) is 100 Å². The predicted molar refractivity (Wildman–Crippen MR) is 109 cm³/mol. The lowest BCUT2D eigenvalue weighted by molar-refractivity contribution is 0.908. The fourth-order valence-electron chi connectivity index (χ4n) is 3.18. The third-order valence-corrected chi connectivity index (χ3v) is 5.26. The van der Waals surface area contributed by atoms with Crippen LogP contribution in [0.1, 0.15) is 29.5 Å². The molecule has 2 nitrogen and oxygen atoms in total. The molecule has 1 fully saturated rings. The van der Waals surface area contributed by atoms with E-state index in [1.165, 1.54) is 0 Å². The van der Waals surface area contributed by atoms with E-state index in [0.717, 1.165) is 45.4 Å². The van der Waals surface area contributed by atoms with Crippen molar-refractivity contribution in [3.63, 3.8) is 0 Å². The Kier molecular flexibility index (Phi) is 4.44. The van der Waals surface area contributed by atoms with Crippen molar-refractivity contribution in [1.29, 1.82) is 5.26 Å². The summed E-state index contributed by atoms with van der Waals surface area (Å²) >= 11 is 3.56. The van der Waals surface area contributed by atoms with Gasteiger partial charge in [0.1, 0.15) is 0 Å². The van der Waals surface area contributed by atoms with Crippen molar-refractivity contribution in [1.82, 2.24) is 0 Å². The molecular formula is C23H17BrN2. The van der Waals surface area contributed by atoms with Gasteiger partial charge >= 0.3 is 0 Å². The predicted octanol–water partition coefficient (Wildman–Crippen LogP) is 6.17. The second kappa shape index (κ2) is 6.90.